The molecule has 2 bridgehead atoms. The number of nitrogens with one attached hydrogen (secondary N) is 1. The SMILES string of the molecule is CC(=O)Nc1ccc(C2=CN([C@H]3CN4CCC3CC4C)CS2)cc1. The van der Waals surface area contributed by atoms with Gasteiger partial charge in [-0.05, 0) is 49.9 Å². The lowest BCUT2D eigenvalue weighted by Gasteiger charge is -2.51. The monoisotopic (exact) mass is 343 g/mol. The highest BCUT2D eigenvalue weighted by molar-refractivity contribution is 8.08. The number of thioether (sulfide) groups is 1. The van der Waals surface area contributed by atoms with E-state index in [4.69, 9.17) is 0 Å². The summed E-state index contributed by atoms with van der Waals surface area (Å²) in [6, 6.07) is 9.62. The van der Waals surface area contributed by atoms with Gasteiger partial charge in [-0.15, -0.1) is 11.8 Å². The van der Waals surface area contributed by atoms with Gasteiger partial charge in [0.15, 0.2) is 0 Å². The van der Waals surface area contributed by atoms with Gasteiger partial charge in [0, 0.05) is 42.3 Å². The van der Waals surface area contributed by atoms with Crippen molar-refractivity contribution in [3.63, 3.8) is 0 Å². The average Bonchev–Trinajstić information content (AvgIpc) is 3.05. The molecule has 0 aliphatic carbocycles. The number of nitrogens with zero attached hydrogens (tertiary/aromatic N) is 2. The van der Waals surface area contributed by atoms with Crippen molar-refractivity contribution in [1.29, 1.82) is 0 Å². The maximum absolute atomic E-state index is 11.1. The molecule has 1 aromatic rings. The van der Waals surface area contributed by atoms with E-state index in [0.717, 1.165) is 23.5 Å². The number of hydrogen-bond acceptors (Lipinski definition) is 4. The highest BCUT2D eigenvalue weighted by Gasteiger charge is 2.41. The highest BCUT2D eigenvalue weighted by Crippen LogP contribution is 2.41. The summed E-state index contributed by atoms with van der Waals surface area (Å²) >= 11 is 1.93. The first-order chi connectivity index (χ1) is 11.6. The maximum atomic E-state index is 11.1. The number of hydrogen-bond donors (Lipinski definition) is 1. The van der Waals surface area contributed by atoms with E-state index in [1.54, 1.807) is 0 Å². The summed E-state index contributed by atoms with van der Waals surface area (Å²) < 4.78 is 0. The Morgan fingerprint density at radius 3 is 2.71 bits per heavy atom. The van der Waals surface area contributed by atoms with Crippen LogP contribution in [0.2, 0.25) is 0 Å². The van der Waals surface area contributed by atoms with Crippen LogP contribution in [0.5, 0.6) is 0 Å². The summed E-state index contributed by atoms with van der Waals surface area (Å²) in [6.07, 6.45) is 5.06. The Hall–Kier alpha value is -1.46. The normalized spacial score (nSPS) is 31.9. The summed E-state index contributed by atoms with van der Waals surface area (Å²) in [5.74, 6) is 1.88. The van der Waals surface area contributed by atoms with Gasteiger partial charge in [-0.2, -0.15) is 0 Å². The summed E-state index contributed by atoms with van der Waals surface area (Å²) in [4.78, 5) is 17.7. The molecule has 128 valence electrons. The third kappa shape index (κ3) is 3.07. The molecule has 4 nitrogen and oxygen atoms in total. The quantitative estimate of drug-likeness (QED) is 0.912. The molecule has 4 aliphatic heterocycles. The van der Waals surface area contributed by atoms with Gasteiger partial charge in [0.05, 0.1) is 5.88 Å². The average molecular weight is 343 g/mol. The van der Waals surface area contributed by atoms with Gasteiger partial charge in [-0.3, -0.25) is 9.69 Å². The first kappa shape index (κ1) is 16.0. The first-order valence-electron chi connectivity index (χ1n) is 8.82. The largest absolute Gasteiger partial charge is 0.362 e. The molecular formula is C19H25N3OS. The van der Waals surface area contributed by atoms with E-state index < -0.39 is 0 Å². The first-order valence-corrected chi connectivity index (χ1v) is 9.81. The van der Waals surface area contributed by atoms with Gasteiger partial charge >= 0.3 is 0 Å². The molecule has 0 aromatic heterocycles. The van der Waals surface area contributed by atoms with Gasteiger partial charge in [-0.25, -0.2) is 0 Å². The summed E-state index contributed by atoms with van der Waals surface area (Å²) in [7, 11) is 0. The van der Waals surface area contributed by atoms with Crippen LogP contribution < -0.4 is 5.32 Å². The molecule has 4 heterocycles. The Morgan fingerprint density at radius 2 is 2.08 bits per heavy atom. The molecule has 4 aliphatic rings. The van der Waals surface area contributed by atoms with Crippen molar-refractivity contribution in [2.45, 2.75) is 38.8 Å². The van der Waals surface area contributed by atoms with Crippen LogP contribution in [0, 0.1) is 5.92 Å². The van der Waals surface area contributed by atoms with Crippen molar-refractivity contribution in [1.82, 2.24) is 9.80 Å². The molecule has 3 unspecified atom stereocenters. The zero-order valence-corrected chi connectivity index (χ0v) is 15.2. The Morgan fingerprint density at radius 1 is 1.29 bits per heavy atom. The van der Waals surface area contributed by atoms with Crippen LogP contribution in [0.3, 0.4) is 0 Å². The third-order valence-corrected chi connectivity index (χ3v) is 6.67. The molecule has 0 radical (unpaired) electrons. The van der Waals surface area contributed by atoms with E-state index in [9.17, 15) is 4.79 Å². The number of anilines is 1. The van der Waals surface area contributed by atoms with Crippen LogP contribution in [0.15, 0.2) is 30.5 Å². The second-order valence-corrected chi connectivity index (χ2v) is 8.22. The topological polar surface area (TPSA) is 35.6 Å². The van der Waals surface area contributed by atoms with E-state index in [1.807, 2.05) is 23.9 Å². The molecular weight excluding hydrogens is 318 g/mol. The van der Waals surface area contributed by atoms with Crippen LogP contribution in [-0.4, -0.2) is 46.8 Å². The summed E-state index contributed by atoms with van der Waals surface area (Å²) in [5, 5.41) is 2.82. The number of carbonyl (C=O) groups is 1. The minimum absolute atomic E-state index is 0.0278. The van der Waals surface area contributed by atoms with Crippen LogP contribution in [0.25, 0.3) is 4.91 Å². The lowest BCUT2D eigenvalue weighted by atomic mass is 9.80. The lowest BCUT2D eigenvalue weighted by Crippen LogP contribution is -2.58. The third-order valence-electron chi connectivity index (χ3n) is 5.59. The van der Waals surface area contributed by atoms with Crippen molar-refractivity contribution in [3.05, 3.63) is 36.0 Å². The Labute approximate surface area is 148 Å². The van der Waals surface area contributed by atoms with Crippen LogP contribution >= 0.6 is 11.8 Å². The molecule has 0 spiro atoms. The van der Waals surface area contributed by atoms with Crippen molar-refractivity contribution in [2.24, 2.45) is 5.92 Å². The zero-order valence-electron chi connectivity index (χ0n) is 14.4. The predicted octanol–water partition coefficient (Wildman–Crippen LogP) is 3.43. The van der Waals surface area contributed by atoms with Gasteiger partial charge < -0.3 is 10.2 Å². The van der Waals surface area contributed by atoms with Crippen molar-refractivity contribution in [2.75, 3.05) is 24.3 Å². The van der Waals surface area contributed by atoms with Crippen molar-refractivity contribution < 1.29 is 4.79 Å². The van der Waals surface area contributed by atoms with Crippen LogP contribution in [-0.2, 0) is 4.79 Å². The Kier molecular flexibility index (Phi) is 4.31. The second-order valence-electron chi connectivity index (χ2n) is 7.24. The number of rotatable bonds is 3. The van der Waals surface area contributed by atoms with Crippen LogP contribution in [0.4, 0.5) is 5.69 Å². The van der Waals surface area contributed by atoms with Gasteiger partial charge in [0.25, 0.3) is 0 Å². The Bertz CT molecular complexity index is 657. The smallest absolute Gasteiger partial charge is 0.221 e. The molecule has 5 heteroatoms. The molecule has 4 atom stereocenters. The van der Waals surface area contributed by atoms with E-state index in [1.165, 1.54) is 43.3 Å². The lowest BCUT2D eigenvalue weighted by molar-refractivity contribution is -0.114. The maximum Gasteiger partial charge on any atom is 0.221 e. The van der Waals surface area contributed by atoms with Crippen molar-refractivity contribution >= 4 is 28.3 Å². The standard InChI is InChI=1S/C19H25N3OS/c1-13-9-16-7-8-21(13)10-18(16)22-11-19(24-12-22)15-3-5-17(6-4-15)20-14(2)23/h3-6,11,13,16,18H,7-10,12H2,1-2H3,(H,20,23)/t13?,16?,18-/m0/s1. The molecule has 1 N–H and O–H groups in total. The molecule has 1 amide bonds. The van der Waals surface area contributed by atoms with Gasteiger partial charge in [-0.1, -0.05) is 12.1 Å². The van der Waals surface area contributed by atoms with Gasteiger partial charge in [0.1, 0.15) is 0 Å². The number of fused-ring (bicyclic) bond motifs is 3. The highest BCUT2D eigenvalue weighted by atomic mass is 32.2. The minimum Gasteiger partial charge on any atom is -0.362 e. The van der Waals surface area contributed by atoms with Crippen LogP contribution in [0.1, 0.15) is 32.3 Å². The van der Waals surface area contributed by atoms with E-state index >= 15 is 0 Å². The number of piperidine rings is 3. The van der Waals surface area contributed by atoms with Gasteiger partial charge in [0.2, 0.25) is 5.91 Å². The van der Waals surface area contributed by atoms with E-state index in [0.29, 0.717) is 6.04 Å². The molecule has 3 fully saturated rings. The van der Waals surface area contributed by atoms with E-state index in [-0.39, 0.29) is 5.91 Å². The fraction of sp³-hybridized carbons (Fsp3) is 0.526. The molecule has 5 rings (SSSR count). The fourth-order valence-corrected chi connectivity index (χ4v) is 5.35. The molecule has 0 saturated carbocycles. The number of amides is 1. The predicted molar refractivity (Wildman–Crippen MR) is 101 cm³/mol. The van der Waals surface area contributed by atoms with E-state index in [2.05, 4.69) is 40.4 Å². The molecule has 1 aromatic carbocycles. The molecule has 24 heavy (non-hydrogen) atoms. The Balaban J connectivity index is 1.46. The number of carbonyl (C=O) groups excluding carboxylic acids is 1. The molecule has 3 saturated heterocycles. The summed E-state index contributed by atoms with van der Waals surface area (Å²) in [5.41, 5.74) is 2.10. The fourth-order valence-electron chi connectivity index (χ4n) is 4.28. The van der Waals surface area contributed by atoms with Crippen molar-refractivity contribution in [3.8, 4) is 0 Å². The number of benzene rings is 1. The minimum atomic E-state index is -0.0278. The second kappa shape index (κ2) is 6.45. The summed E-state index contributed by atoms with van der Waals surface area (Å²) in [6.45, 7) is 6.41. The zero-order chi connectivity index (χ0) is 16.7.